The standard InChI is InChI=1S/C23H27N3OS/c1-3-4-16(2)26-10-7-17(8-11-26)21-14-24-22-6-5-19(13-20(21)22)25-23(27)18-9-12-28-15-18/h5-7,9,12-16,24H,3-4,8,10-11H2,1-2H3,(H,25,27). The van der Waals surface area contributed by atoms with Crippen LogP contribution in [0.15, 0.2) is 47.3 Å². The van der Waals surface area contributed by atoms with Crippen LogP contribution in [-0.2, 0) is 0 Å². The van der Waals surface area contributed by atoms with E-state index in [1.807, 2.05) is 29.0 Å². The lowest BCUT2D eigenvalue weighted by atomic mass is 9.97. The number of hydrogen-bond acceptors (Lipinski definition) is 3. The Morgan fingerprint density at radius 3 is 2.96 bits per heavy atom. The Bertz CT molecular complexity index is 987. The van der Waals surface area contributed by atoms with Crippen LogP contribution in [0.2, 0.25) is 0 Å². The van der Waals surface area contributed by atoms with Crippen molar-refractivity contribution in [2.75, 3.05) is 18.4 Å². The van der Waals surface area contributed by atoms with Gasteiger partial charge in [-0.05, 0) is 55.0 Å². The van der Waals surface area contributed by atoms with Gasteiger partial charge in [-0.25, -0.2) is 0 Å². The number of benzene rings is 1. The van der Waals surface area contributed by atoms with Crippen LogP contribution in [-0.4, -0.2) is 34.9 Å². The monoisotopic (exact) mass is 393 g/mol. The molecule has 1 atom stereocenters. The van der Waals surface area contributed by atoms with Gasteiger partial charge in [0.25, 0.3) is 5.91 Å². The van der Waals surface area contributed by atoms with Gasteiger partial charge in [0.05, 0.1) is 5.56 Å². The van der Waals surface area contributed by atoms with E-state index in [1.54, 1.807) is 0 Å². The highest BCUT2D eigenvalue weighted by molar-refractivity contribution is 7.08. The smallest absolute Gasteiger partial charge is 0.256 e. The lowest BCUT2D eigenvalue weighted by Crippen LogP contribution is -2.36. The Hall–Kier alpha value is -2.37. The van der Waals surface area contributed by atoms with Gasteiger partial charge >= 0.3 is 0 Å². The zero-order chi connectivity index (χ0) is 19.5. The SMILES string of the molecule is CCCC(C)N1CC=C(c2c[nH]c3ccc(NC(=O)c4ccsc4)cc23)CC1. The number of thiophene rings is 1. The largest absolute Gasteiger partial charge is 0.361 e. The second-order valence-corrected chi connectivity index (χ2v) is 8.32. The van der Waals surface area contributed by atoms with Crippen molar-refractivity contribution >= 4 is 39.4 Å². The number of carbonyl (C=O) groups excluding carboxylic acids is 1. The number of aromatic amines is 1. The van der Waals surface area contributed by atoms with E-state index in [4.69, 9.17) is 0 Å². The minimum absolute atomic E-state index is 0.0601. The maximum absolute atomic E-state index is 12.4. The molecule has 4 nitrogen and oxygen atoms in total. The first kappa shape index (κ1) is 19.0. The molecule has 1 aromatic carbocycles. The van der Waals surface area contributed by atoms with Crippen LogP contribution < -0.4 is 5.32 Å². The zero-order valence-electron chi connectivity index (χ0n) is 16.5. The number of aromatic nitrogens is 1. The van der Waals surface area contributed by atoms with Crippen LogP contribution in [0.4, 0.5) is 5.69 Å². The van der Waals surface area contributed by atoms with Crippen molar-refractivity contribution in [1.82, 2.24) is 9.88 Å². The van der Waals surface area contributed by atoms with Gasteiger partial charge in [0, 0.05) is 52.9 Å². The van der Waals surface area contributed by atoms with Crippen molar-refractivity contribution in [2.45, 2.75) is 39.2 Å². The average molecular weight is 394 g/mol. The maximum Gasteiger partial charge on any atom is 0.256 e. The number of anilines is 1. The maximum atomic E-state index is 12.4. The molecule has 1 aliphatic heterocycles. The van der Waals surface area contributed by atoms with E-state index in [9.17, 15) is 4.79 Å². The Balaban J connectivity index is 1.54. The summed E-state index contributed by atoms with van der Waals surface area (Å²) in [5.41, 5.74) is 5.29. The molecule has 3 heterocycles. The number of nitrogens with one attached hydrogen (secondary N) is 2. The van der Waals surface area contributed by atoms with E-state index in [2.05, 4.69) is 47.4 Å². The molecule has 0 aliphatic carbocycles. The number of rotatable bonds is 6. The van der Waals surface area contributed by atoms with Gasteiger partial charge in [0.2, 0.25) is 0 Å². The summed E-state index contributed by atoms with van der Waals surface area (Å²) in [6, 6.07) is 8.57. The number of amides is 1. The highest BCUT2D eigenvalue weighted by Crippen LogP contribution is 2.31. The second-order valence-electron chi connectivity index (χ2n) is 7.54. The van der Waals surface area contributed by atoms with E-state index < -0.39 is 0 Å². The summed E-state index contributed by atoms with van der Waals surface area (Å²) in [5.74, 6) is -0.0601. The van der Waals surface area contributed by atoms with Crippen molar-refractivity contribution < 1.29 is 4.79 Å². The normalized spacial score (nSPS) is 16.1. The van der Waals surface area contributed by atoms with Gasteiger partial charge < -0.3 is 10.3 Å². The molecule has 1 amide bonds. The highest BCUT2D eigenvalue weighted by Gasteiger charge is 2.19. The van der Waals surface area contributed by atoms with E-state index >= 15 is 0 Å². The third-order valence-corrected chi connectivity index (χ3v) is 6.32. The molecule has 4 rings (SSSR count). The Morgan fingerprint density at radius 1 is 1.36 bits per heavy atom. The van der Waals surface area contributed by atoms with Crippen molar-refractivity contribution in [2.24, 2.45) is 0 Å². The minimum Gasteiger partial charge on any atom is -0.361 e. The molecule has 0 fully saturated rings. The summed E-state index contributed by atoms with van der Waals surface area (Å²) < 4.78 is 0. The van der Waals surface area contributed by atoms with Crippen LogP contribution in [0.5, 0.6) is 0 Å². The minimum atomic E-state index is -0.0601. The van der Waals surface area contributed by atoms with Crippen LogP contribution in [0.3, 0.4) is 0 Å². The molecular weight excluding hydrogens is 366 g/mol. The first-order valence-electron chi connectivity index (χ1n) is 10.0. The highest BCUT2D eigenvalue weighted by atomic mass is 32.1. The Morgan fingerprint density at radius 2 is 2.25 bits per heavy atom. The Labute approximate surface area is 170 Å². The predicted molar refractivity (Wildman–Crippen MR) is 119 cm³/mol. The molecule has 2 aromatic heterocycles. The number of carbonyl (C=O) groups is 1. The Kier molecular flexibility index (Phi) is 5.64. The summed E-state index contributed by atoms with van der Waals surface area (Å²) in [7, 11) is 0. The van der Waals surface area contributed by atoms with Gasteiger partial charge in [0.15, 0.2) is 0 Å². The molecule has 1 unspecified atom stereocenters. The molecule has 0 spiro atoms. The molecule has 0 saturated heterocycles. The summed E-state index contributed by atoms with van der Waals surface area (Å²) >= 11 is 1.53. The fourth-order valence-electron chi connectivity index (χ4n) is 3.99. The first-order valence-corrected chi connectivity index (χ1v) is 11.0. The fourth-order valence-corrected chi connectivity index (χ4v) is 4.63. The van der Waals surface area contributed by atoms with E-state index in [-0.39, 0.29) is 5.91 Å². The molecule has 2 N–H and O–H groups in total. The van der Waals surface area contributed by atoms with Crippen LogP contribution >= 0.6 is 11.3 Å². The summed E-state index contributed by atoms with van der Waals surface area (Å²) in [6.45, 7) is 6.70. The van der Waals surface area contributed by atoms with Gasteiger partial charge in [0.1, 0.15) is 0 Å². The third-order valence-electron chi connectivity index (χ3n) is 5.64. The van der Waals surface area contributed by atoms with Crippen molar-refractivity contribution in [3.05, 3.63) is 58.4 Å². The number of hydrogen-bond donors (Lipinski definition) is 2. The number of H-pyrrole nitrogens is 1. The van der Waals surface area contributed by atoms with E-state index in [0.717, 1.165) is 30.7 Å². The van der Waals surface area contributed by atoms with Gasteiger partial charge in [-0.15, -0.1) is 0 Å². The molecule has 0 radical (unpaired) electrons. The van der Waals surface area contributed by atoms with Gasteiger partial charge in [-0.1, -0.05) is 19.4 Å². The fraction of sp³-hybridized carbons (Fsp3) is 0.348. The summed E-state index contributed by atoms with van der Waals surface area (Å²) in [4.78, 5) is 18.3. The molecule has 146 valence electrons. The average Bonchev–Trinajstić information content (AvgIpc) is 3.38. The molecule has 3 aromatic rings. The van der Waals surface area contributed by atoms with E-state index in [1.165, 1.54) is 40.7 Å². The third kappa shape index (κ3) is 3.91. The van der Waals surface area contributed by atoms with Crippen molar-refractivity contribution in [1.29, 1.82) is 0 Å². The van der Waals surface area contributed by atoms with Gasteiger partial charge in [-0.3, -0.25) is 9.69 Å². The molecule has 28 heavy (non-hydrogen) atoms. The van der Waals surface area contributed by atoms with Crippen molar-refractivity contribution in [3.63, 3.8) is 0 Å². The molecular formula is C23H27N3OS. The summed E-state index contributed by atoms with van der Waals surface area (Å²) in [6.07, 6.45) is 8.02. The van der Waals surface area contributed by atoms with Crippen LogP contribution in [0.1, 0.15) is 49.0 Å². The van der Waals surface area contributed by atoms with Gasteiger partial charge in [-0.2, -0.15) is 11.3 Å². The van der Waals surface area contributed by atoms with Crippen molar-refractivity contribution in [3.8, 4) is 0 Å². The molecule has 0 saturated carbocycles. The van der Waals surface area contributed by atoms with Crippen LogP contribution in [0.25, 0.3) is 16.5 Å². The first-order chi connectivity index (χ1) is 13.7. The zero-order valence-corrected chi connectivity index (χ0v) is 17.3. The predicted octanol–water partition coefficient (Wildman–Crippen LogP) is 5.76. The molecule has 1 aliphatic rings. The summed E-state index contributed by atoms with van der Waals surface area (Å²) in [5, 5.41) is 7.98. The quantitative estimate of drug-likeness (QED) is 0.559. The number of nitrogens with zero attached hydrogens (tertiary/aromatic N) is 1. The lowest BCUT2D eigenvalue weighted by molar-refractivity contribution is 0.102. The molecule has 0 bridgehead atoms. The topological polar surface area (TPSA) is 48.1 Å². The van der Waals surface area contributed by atoms with E-state index in [0.29, 0.717) is 11.6 Å². The lowest BCUT2D eigenvalue weighted by Gasteiger charge is -2.31. The second kappa shape index (κ2) is 8.33. The molecule has 5 heteroatoms. The van der Waals surface area contributed by atoms with Crippen LogP contribution in [0, 0.1) is 0 Å². The number of fused-ring (bicyclic) bond motifs is 1.